The molecule has 244 valence electrons. The quantitative estimate of drug-likeness (QED) is 0.171. The predicted octanol–water partition coefficient (Wildman–Crippen LogP) is 13.7. The highest BCUT2D eigenvalue weighted by Crippen LogP contribution is 2.41. The van der Waals surface area contributed by atoms with Crippen LogP contribution >= 0.6 is 0 Å². The van der Waals surface area contributed by atoms with Crippen molar-refractivity contribution in [2.75, 3.05) is 0 Å². The summed E-state index contributed by atoms with van der Waals surface area (Å²) in [6.07, 6.45) is 0. The van der Waals surface area contributed by atoms with E-state index in [2.05, 4.69) is 174 Å². The van der Waals surface area contributed by atoms with Crippen LogP contribution in [-0.2, 0) is 0 Å². The summed E-state index contributed by atoms with van der Waals surface area (Å²) in [5.41, 5.74) is 11.2. The fraction of sp³-hybridized carbons (Fsp3) is 0. The molecule has 2 nitrogen and oxygen atoms in total. The van der Waals surface area contributed by atoms with E-state index < -0.39 is 0 Å². The maximum atomic E-state index is 9.70. The van der Waals surface area contributed by atoms with Crippen molar-refractivity contribution < 1.29 is 0 Å². The number of benzene rings is 10. The Balaban J connectivity index is 0.971. The van der Waals surface area contributed by atoms with Gasteiger partial charge in [0.25, 0.3) is 0 Å². The van der Waals surface area contributed by atoms with Crippen molar-refractivity contribution in [1.29, 1.82) is 5.26 Å². The monoisotopic (exact) mass is 670 g/mol. The molecule has 10 aromatic carbocycles. The minimum atomic E-state index is 0.665. The lowest BCUT2D eigenvalue weighted by atomic mass is 9.89. The lowest BCUT2D eigenvalue weighted by Gasteiger charge is -2.15. The first-order valence-corrected chi connectivity index (χ1v) is 18.0. The predicted molar refractivity (Wildman–Crippen MR) is 223 cm³/mol. The first-order chi connectivity index (χ1) is 26.2. The van der Waals surface area contributed by atoms with Gasteiger partial charge in [0.05, 0.1) is 22.7 Å². The molecule has 0 saturated carbocycles. The number of fused-ring (bicyclic) bond motifs is 4. The summed E-state index contributed by atoms with van der Waals surface area (Å²) < 4.78 is 2.29. The van der Waals surface area contributed by atoms with Crippen molar-refractivity contribution in [2.24, 2.45) is 0 Å². The van der Waals surface area contributed by atoms with E-state index in [0.717, 1.165) is 38.6 Å². The van der Waals surface area contributed by atoms with Gasteiger partial charge in [0, 0.05) is 16.5 Å². The molecule has 1 aromatic heterocycles. The van der Waals surface area contributed by atoms with E-state index in [1.54, 1.807) is 0 Å². The number of hydrogen-bond acceptors (Lipinski definition) is 1. The summed E-state index contributed by atoms with van der Waals surface area (Å²) in [5, 5.41) is 22.2. The fourth-order valence-corrected chi connectivity index (χ4v) is 8.52. The molecule has 0 saturated heterocycles. The third kappa shape index (κ3) is 4.65. The van der Waals surface area contributed by atoms with Gasteiger partial charge in [0.1, 0.15) is 0 Å². The highest BCUT2D eigenvalue weighted by Gasteiger charge is 2.16. The summed E-state index contributed by atoms with van der Waals surface area (Å²) >= 11 is 0. The van der Waals surface area contributed by atoms with Gasteiger partial charge in [-0.3, -0.25) is 0 Å². The normalized spacial score (nSPS) is 11.8. The maximum Gasteiger partial charge on any atom is 0.0991 e. The zero-order chi connectivity index (χ0) is 35.0. The van der Waals surface area contributed by atoms with Crippen LogP contribution in [-0.4, -0.2) is 4.57 Å². The Morgan fingerprint density at radius 2 is 0.792 bits per heavy atom. The van der Waals surface area contributed by atoms with Gasteiger partial charge in [0.15, 0.2) is 0 Å². The average molecular weight is 671 g/mol. The van der Waals surface area contributed by atoms with Crippen LogP contribution < -0.4 is 0 Å². The van der Waals surface area contributed by atoms with Crippen molar-refractivity contribution in [3.8, 4) is 45.1 Å². The lowest BCUT2D eigenvalue weighted by Crippen LogP contribution is -1.93. The van der Waals surface area contributed by atoms with E-state index >= 15 is 0 Å². The van der Waals surface area contributed by atoms with Crippen molar-refractivity contribution in [3.05, 3.63) is 188 Å². The summed E-state index contributed by atoms with van der Waals surface area (Å²) in [5.74, 6) is 0. The number of nitrogens with zero attached hydrogens (tertiary/aromatic N) is 2. The van der Waals surface area contributed by atoms with Gasteiger partial charge in [-0.15, -0.1) is 0 Å². The van der Waals surface area contributed by atoms with Crippen molar-refractivity contribution in [1.82, 2.24) is 4.57 Å². The van der Waals surface area contributed by atoms with E-state index in [0.29, 0.717) is 5.56 Å². The summed E-state index contributed by atoms with van der Waals surface area (Å²) in [6.45, 7) is 0. The van der Waals surface area contributed by atoms with E-state index in [1.165, 1.54) is 65.3 Å². The molecule has 0 unspecified atom stereocenters. The van der Waals surface area contributed by atoms with Gasteiger partial charge in [-0.25, -0.2) is 0 Å². The highest BCUT2D eigenvalue weighted by atomic mass is 15.0. The molecule has 11 aromatic rings. The van der Waals surface area contributed by atoms with Gasteiger partial charge < -0.3 is 4.57 Å². The first-order valence-electron chi connectivity index (χ1n) is 18.0. The molecule has 0 amide bonds. The molecular formula is C51H30N2. The minimum absolute atomic E-state index is 0.665. The third-order valence-corrected chi connectivity index (χ3v) is 11.1. The van der Waals surface area contributed by atoms with Gasteiger partial charge in [-0.2, -0.15) is 5.26 Å². The molecule has 0 radical (unpaired) electrons. The molecule has 0 atom stereocenters. The molecular weight excluding hydrogens is 641 g/mol. The molecule has 0 aliphatic carbocycles. The number of aromatic nitrogens is 1. The Labute approximate surface area is 306 Å². The van der Waals surface area contributed by atoms with E-state index in [1.807, 2.05) is 18.2 Å². The topological polar surface area (TPSA) is 28.7 Å². The smallest absolute Gasteiger partial charge is 0.0991 e. The van der Waals surface area contributed by atoms with Gasteiger partial charge in [-0.05, 0) is 149 Å². The summed E-state index contributed by atoms with van der Waals surface area (Å²) in [7, 11) is 0. The van der Waals surface area contributed by atoms with Crippen LogP contribution in [0.1, 0.15) is 5.56 Å². The average Bonchev–Trinajstić information content (AvgIpc) is 3.55. The molecule has 1 heterocycles. The van der Waals surface area contributed by atoms with Crippen LogP contribution in [0.5, 0.6) is 0 Å². The van der Waals surface area contributed by atoms with Crippen LogP contribution in [0.25, 0.3) is 104 Å². The summed E-state index contributed by atoms with van der Waals surface area (Å²) in [6, 6.07) is 68.2. The van der Waals surface area contributed by atoms with Crippen LogP contribution in [0.2, 0.25) is 0 Å². The standard InChI is InChI=1S/C51H30N2/c52-31-32-10-22-48-46(24-32)47-30-38(21-23-49(47)53(48)45-8-2-1-3-9-45)34-11-13-35(14-12-34)43-26-39-17-19-41-28-44(29-42-20-18-40(27-43)50(39)51(41)42)37-16-15-33-6-4-5-7-36(33)25-37/h1-30H. The molecule has 0 aliphatic rings. The SMILES string of the molecule is N#Cc1ccc2c(c1)c1cc(-c3ccc(-c4cc5ccc6cc(-c7ccc8ccccc8c7)cc7ccc(c4)c5c67)cc3)ccc1n2-c1ccccc1. The van der Waals surface area contributed by atoms with Crippen LogP contribution in [0.15, 0.2) is 182 Å². The second-order valence-electron chi connectivity index (χ2n) is 14.1. The molecule has 0 bridgehead atoms. The van der Waals surface area contributed by atoms with Gasteiger partial charge >= 0.3 is 0 Å². The Morgan fingerprint density at radius 3 is 1.43 bits per heavy atom. The second kappa shape index (κ2) is 11.4. The van der Waals surface area contributed by atoms with E-state index in [4.69, 9.17) is 0 Å². The first kappa shape index (κ1) is 29.5. The number of hydrogen-bond donors (Lipinski definition) is 0. The molecule has 0 spiro atoms. The van der Waals surface area contributed by atoms with Crippen LogP contribution in [0, 0.1) is 11.3 Å². The van der Waals surface area contributed by atoms with Gasteiger partial charge in [-0.1, -0.05) is 109 Å². The van der Waals surface area contributed by atoms with E-state index in [-0.39, 0.29) is 0 Å². The highest BCUT2D eigenvalue weighted by molar-refractivity contribution is 6.24. The minimum Gasteiger partial charge on any atom is -0.309 e. The molecule has 11 rings (SSSR count). The maximum absolute atomic E-state index is 9.70. The Hall–Kier alpha value is -7.21. The van der Waals surface area contributed by atoms with Crippen molar-refractivity contribution >= 4 is 64.9 Å². The molecule has 0 fully saturated rings. The summed E-state index contributed by atoms with van der Waals surface area (Å²) in [4.78, 5) is 0. The molecule has 0 aliphatic heterocycles. The van der Waals surface area contributed by atoms with Crippen LogP contribution in [0.4, 0.5) is 0 Å². The van der Waals surface area contributed by atoms with Crippen molar-refractivity contribution in [3.63, 3.8) is 0 Å². The zero-order valence-electron chi connectivity index (χ0n) is 28.7. The largest absolute Gasteiger partial charge is 0.309 e. The number of nitriles is 1. The number of rotatable bonds is 4. The van der Waals surface area contributed by atoms with E-state index in [9.17, 15) is 5.26 Å². The zero-order valence-corrected chi connectivity index (χ0v) is 28.7. The Morgan fingerprint density at radius 1 is 0.340 bits per heavy atom. The molecule has 53 heavy (non-hydrogen) atoms. The second-order valence-corrected chi connectivity index (χ2v) is 14.1. The van der Waals surface area contributed by atoms with Crippen molar-refractivity contribution in [2.45, 2.75) is 0 Å². The number of para-hydroxylation sites is 1. The Kier molecular flexibility index (Phi) is 6.35. The fourth-order valence-electron chi connectivity index (χ4n) is 8.52. The molecule has 2 heteroatoms. The Bertz CT molecular complexity index is 3200. The van der Waals surface area contributed by atoms with Gasteiger partial charge in [0.2, 0.25) is 0 Å². The third-order valence-electron chi connectivity index (χ3n) is 11.1. The lowest BCUT2D eigenvalue weighted by molar-refractivity contribution is 1.18. The van der Waals surface area contributed by atoms with Crippen LogP contribution in [0.3, 0.4) is 0 Å². The molecule has 0 N–H and O–H groups in total.